The molecule has 1 N–H and O–H groups in total. The summed E-state index contributed by atoms with van der Waals surface area (Å²) in [6.45, 7) is 1.17. The molecule has 11 heteroatoms. The predicted octanol–water partition coefficient (Wildman–Crippen LogP) is 2.79. The number of carbonyl (C=O) groups excluding carboxylic acids is 1. The van der Waals surface area contributed by atoms with Crippen molar-refractivity contribution in [3.05, 3.63) is 24.1 Å². The van der Waals surface area contributed by atoms with Gasteiger partial charge in [-0.2, -0.15) is 13.2 Å². The maximum absolute atomic E-state index is 13.7. The molecule has 0 spiro atoms. The maximum atomic E-state index is 13.7. The third-order valence-corrected chi connectivity index (χ3v) is 5.25. The number of aliphatic carboxylic acids is 1. The normalized spacial score (nSPS) is 25.7. The number of carboxylic acids is 1. The zero-order valence-corrected chi connectivity index (χ0v) is 16.0. The largest absolute Gasteiger partial charge is 0.490 e. The van der Waals surface area contributed by atoms with E-state index in [1.54, 1.807) is 0 Å². The fourth-order valence-corrected chi connectivity index (χ4v) is 3.64. The number of morpholine rings is 1. The highest BCUT2D eigenvalue weighted by molar-refractivity contribution is 5.77. The van der Waals surface area contributed by atoms with E-state index in [1.807, 2.05) is 4.90 Å². The summed E-state index contributed by atoms with van der Waals surface area (Å²) in [4.78, 5) is 27.3. The molecule has 4 rings (SSSR count). The molecule has 2 aliphatic carbocycles. The van der Waals surface area contributed by atoms with Crippen LogP contribution < -0.4 is 4.74 Å². The van der Waals surface area contributed by atoms with E-state index in [0.29, 0.717) is 25.5 Å². The van der Waals surface area contributed by atoms with Gasteiger partial charge in [0, 0.05) is 19.2 Å². The molecule has 3 aliphatic rings. The standard InChI is InChI=1S/C17H21FN2O3.C2HF3O2/c18-12-2-1-7-19-17(12)23-14-6-5-13-16(14)22-9-8-20(13)15(21)10-11-3-4-11;3-2(4,5)1(6)7/h1-2,7,11,13-14,16H,3-6,8-10H2;(H,6,7)/t13-,14+,16+;/m0./s1. The van der Waals surface area contributed by atoms with Gasteiger partial charge in [0.05, 0.1) is 12.6 Å². The van der Waals surface area contributed by atoms with E-state index in [9.17, 15) is 22.4 Å². The van der Waals surface area contributed by atoms with E-state index >= 15 is 0 Å². The highest BCUT2D eigenvalue weighted by atomic mass is 19.4. The maximum Gasteiger partial charge on any atom is 0.490 e. The summed E-state index contributed by atoms with van der Waals surface area (Å²) in [5, 5.41) is 7.12. The van der Waals surface area contributed by atoms with Crippen LogP contribution in [0.1, 0.15) is 32.1 Å². The molecule has 3 atom stereocenters. The predicted molar refractivity (Wildman–Crippen MR) is 94.1 cm³/mol. The molecule has 0 radical (unpaired) electrons. The average Bonchev–Trinajstić information content (AvgIpc) is 3.41. The Morgan fingerprint density at radius 1 is 1.27 bits per heavy atom. The Morgan fingerprint density at radius 2 is 1.97 bits per heavy atom. The second kappa shape index (κ2) is 9.15. The number of pyridine rings is 1. The van der Waals surface area contributed by atoms with Crippen LogP contribution in [-0.4, -0.2) is 64.4 Å². The van der Waals surface area contributed by atoms with Gasteiger partial charge in [-0.3, -0.25) is 4.79 Å². The number of alkyl halides is 3. The van der Waals surface area contributed by atoms with Crippen molar-refractivity contribution >= 4 is 11.9 Å². The Morgan fingerprint density at radius 3 is 2.57 bits per heavy atom. The highest BCUT2D eigenvalue weighted by Crippen LogP contribution is 2.36. The number of nitrogens with zero attached hydrogens (tertiary/aromatic N) is 2. The minimum absolute atomic E-state index is 0.0168. The first kappa shape index (κ1) is 22.3. The third-order valence-electron chi connectivity index (χ3n) is 5.25. The molecule has 0 bridgehead atoms. The molecular formula is C19H22F4N2O5. The van der Waals surface area contributed by atoms with Crippen LogP contribution in [0.2, 0.25) is 0 Å². The summed E-state index contributed by atoms with van der Waals surface area (Å²) in [5.74, 6) is -2.39. The van der Waals surface area contributed by atoms with Gasteiger partial charge in [0.2, 0.25) is 5.91 Å². The highest BCUT2D eigenvalue weighted by Gasteiger charge is 2.46. The Kier molecular flexibility index (Phi) is 6.79. The molecule has 0 aromatic carbocycles. The minimum Gasteiger partial charge on any atom is -0.475 e. The summed E-state index contributed by atoms with van der Waals surface area (Å²) < 4.78 is 57.1. The lowest BCUT2D eigenvalue weighted by molar-refractivity contribution is -0.192. The van der Waals surface area contributed by atoms with Crippen LogP contribution in [0, 0.1) is 11.7 Å². The number of aromatic nitrogens is 1. The van der Waals surface area contributed by atoms with Crippen molar-refractivity contribution in [2.24, 2.45) is 5.92 Å². The van der Waals surface area contributed by atoms with Gasteiger partial charge in [0.25, 0.3) is 5.88 Å². The molecule has 1 aliphatic heterocycles. The van der Waals surface area contributed by atoms with Crippen LogP contribution in [0.3, 0.4) is 0 Å². The Balaban J connectivity index is 0.000000318. The first-order valence-electron chi connectivity index (χ1n) is 9.65. The smallest absolute Gasteiger partial charge is 0.475 e. The van der Waals surface area contributed by atoms with Crippen molar-refractivity contribution in [2.45, 2.75) is 56.5 Å². The summed E-state index contributed by atoms with van der Waals surface area (Å²) in [7, 11) is 0. The average molecular weight is 434 g/mol. The number of rotatable bonds is 4. The Bertz CT molecular complexity index is 772. The van der Waals surface area contributed by atoms with Gasteiger partial charge in [-0.1, -0.05) is 0 Å². The van der Waals surface area contributed by atoms with E-state index in [1.165, 1.54) is 31.2 Å². The Labute approximate surface area is 170 Å². The molecule has 1 saturated heterocycles. The van der Waals surface area contributed by atoms with E-state index in [-0.39, 0.29) is 30.0 Å². The summed E-state index contributed by atoms with van der Waals surface area (Å²) >= 11 is 0. The molecule has 2 saturated carbocycles. The topological polar surface area (TPSA) is 89.0 Å². The fourth-order valence-electron chi connectivity index (χ4n) is 3.64. The molecule has 0 unspecified atom stereocenters. The number of hydrogen-bond acceptors (Lipinski definition) is 5. The molecule has 3 fully saturated rings. The van der Waals surface area contributed by atoms with Crippen LogP contribution in [0.15, 0.2) is 18.3 Å². The van der Waals surface area contributed by atoms with Crippen molar-refractivity contribution < 1.29 is 41.7 Å². The van der Waals surface area contributed by atoms with Crippen molar-refractivity contribution in [2.75, 3.05) is 13.2 Å². The minimum atomic E-state index is -5.08. The van der Waals surface area contributed by atoms with Crippen molar-refractivity contribution in [1.82, 2.24) is 9.88 Å². The van der Waals surface area contributed by atoms with Crippen LogP contribution in [0.5, 0.6) is 5.88 Å². The molecule has 166 valence electrons. The quantitative estimate of drug-likeness (QED) is 0.734. The third kappa shape index (κ3) is 5.59. The van der Waals surface area contributed by atoms with Crippen LogP contribution in [0.4, 0.5) is 17.6 Å². The fraction of sp³-hybridized carbons (Fsp3) is 0.632. The number of carbonyl (C=O) groups is 2. The van der Waals surface area contributed by atoms with Gasteiger partial charge in [0.1, 0.15) is 12.2 Å². The number of ether oxygens (including phenoxy) is 2. The first-order chi connectivity index (χ1) is 14.2. The lowest BCUT2D eigenvalue weighted by atomic mass is 10.1. The number of amides is 1. The number of fused-ring (bicyclic) bond motifs is 1. The van der Waals surface area contributed by atoms with E-state index in [4.69, 9.17) is 19.4 Å². The first-order valence-corrected chi connectivity index (χ1v) is 9.65. The number of halogens is 4. The van der Waals surface area contributed by atoms with Gasteiger partial charge < -0.3 is 19.5 Å². The number of hydrogen-bond donors (Lipinski definition) is 1. The second-order valence-corrected chi connectivity index (χ2v) is 7.46. The molecular weight excluding hydrogens is 412 g/mol. The van der Waals surface area contributed by atoms with E-state index in [2.05, 4.69) is 4.98 Å². The molecule has 1 amide bonds. The van der Waals surface area contributed by atoms with Crippen molar-refractivity contribution in [3.8, 4) is 5.88 Å². The van der Waals surface area contributed by atoms with Gasteiger partial charge in [-0.25, -0.2) is 14.2 Å². The lowest BCUT2D eigenvalue weighted by Gasteiger charge is -2.39. The molecule has 30 heavy (non-hydrogen) atoms. The molecule has 2 heterocycles. The summed E-state index contributed by atoms with van der Waals surface area (Å²) in [5.41, 5.74) is 0. The van der Waals surface area contributed by atoms with Gasteiger partial charge in [0.15, 0.2) is 5.82 Å². The monoisotopic (exact) mass is 434 g/mol. The summed E-state index contributed by atoms with van der Waals surface area (Å²) in [6, 6.07) is 2.92. The second-order valence-electron chi connectivity index (χ2n) is 7.46. The zero-order chi connectivity index (χ0) is 21.9. The van der Waals surface area contributed by atoms with Crippen molar-refractivity contribution in [1.29, 1.82) is 0 Å². The molecule has 1 aromatic rings. The summed E-state index contributed by atoms with van der Waals surface area (Å²) in [6.07, 6.45) is 0.582. The van der Waals surface area contributed by atoms with Gasteiger partial charge in [-0.05, 0) is 43.7 Å². The molecule has 7 nitrogen and oxygen atoms in total. The van der Waals surface area contributed by atoms with Gasteiger partial charge >= 0.3 is 12.1 Å². The van der Waals surface area contributed by atoms with E-state index < -0.39 is 18.0 Å². The van der Waals surface area contributed by atoms with E-state index in [0.717, 1.165) is 12.8 Å². The molecule has 1 aromatic heterocycles. The van der Waals surface area contributed by atoms with Gasteiger partial charge in [-0.15, -0.1) is 0 Å². The zero-order valence-electron chi connectivity index (χ0n) is 16.0. The van der Waals surface area contributed by atoms with Crippen LogP contribution >= 0.6 is 0 Å². The lowest BCUT2D eigenvalue weighted by Crippen LogP contribution is -2.54. The van der Waals surface area contributed by atoms with Crippen molar-refractivity contribution in [3.63, 3.8) is 0 Å². The van der Waals surface area contributed by atoms with Crippen LogP contribution in [-0.2, 0) is 14.3 Å². The van der Waals surface area contributed by atoms with Crippen LogP contribution in [0.25, 0.3) is 0 Å². The number of carboxylic acid groups (broad SMARTS) is 1. The SMILES string of the molecule is O=C(CC1CC1)N1CCO[C@H]2[C@H](Oc3ncccc3F)CC[C@@H]21.O=C(O)C(F)(F)F. The Hall–Kier alpha value is -2.43.